The molecule has 1 saturated carbocycles. The number of hydrogen-bond acceptors (Lipinski definition) is 4. The van der Waals surface area contributed by atoms with Crippen molar-refractivity contribution >= 4 is 15.9 Å². The Morgan fingerprint density at radius 1 is 1.37 bits per heavy atom. The third kappa shape index (κ3) is 3.69. The lowest BCUT2D eigenvalue weighted by molar-refractivity contribution is -0.167. The molecular weight excluding hydrogens is 312 g/mol. The van der Waals surface area contributed by atoms with Gasteiger partial charge in [-0.05, 0) is 30.7 Å². The molecule has 1 aliphatic carbocycles. The summed E-state index contributed by atoms with van der Waals surface area (Å²) in [7, 11) is 1.62. The molecule has 3 unspecified atom stereocenters. The van der Waals surface area contributed by atoms with Gasteiger partial charge in [0.15, 0.2) is 0 Å². The van der Waals surface area contributed by atoms with Crippen LogP contribution in [-0.2, 0) is 9.47 Å². The number of methoxy groups -OCH3 is 1. The van der Waals surface area contributed by atoms with E-state index in [2.05, 4.69) is 15.9 Å². The first-order valence-electron chi connectivity index (χ1n) is 6.33. The predicted octanol–water partition coefficient (Wildman–Crippen LogP) is 2.30. The van der Waals surface area contributed by atoms with Crippen LogP contribution >= 0.6 is 15.9 Å². The summed E-state index contributed by atoms with van der Waals surface area (Å²) in [5.74, 6) is 0.804. The molecule has 1 aromatic carbocycles. The molecule has 0 radical (unpaired) electrons. The van der Waals surface area contributed by atoms with E-state index < -0.39 is 6.10 Å². The zero-order valence-electron chi connectivity index (χ0n) is 11.1. The van der Waals surface area contributed by atoms with E-state index in [1.807, 2.05) is 25.1 Å². The average Bonchev–Trinajstić information content (AvgIpc) is 2.38. The zero-order valence-corrected chi connectivity index (χ0v) is 12.7. The molecular formula is C14H19BrO4. The standard InChI is InChI=1S/C14H19BrO4/c1-9-7-10(3-4-11(9)15)19-13-8-12(16)14(13)18-6-5-17-2/h3-4,7,12-14,16H,5-6,8H2,1-2H3. The number of benzene rings is 1. The minimum atomic E-state index is -0.446. The van der Waals surface area contributed by atoms with Gasteiger partial charge in [-0.3, -0.25) is 0 Å². The Balaban J connectivity index is 1.89. The fourth-order valence-corrected chi connectivity index (χ4v) is 2.27. The first kappa shape index (κ1) is 14.8. The molecule has 0 bridgehead atoms. The lowest BCUT2D eigenvalue weighted by atomic mass is 9.88. The number of halogens is 1. The third-order valence-electron chi connectivity index (χ3n) is 3.23. The van der Waals surface area contributed by atoms with E-state index in [-0.39, 0.29) is 12.2 Å². The quantitative estimate of drug-likeness (QED) is 0.813. The number of rotatable bonds is 6. The van der Waals surface area contributed by atoms with Crippen LogP contribution in [0.5, 0.6) is 5.75 Å². The van der Waals surface area contributed by atoms with Gasteiger partial charge in [0.05, 0.1) is 19.3 Å². The van der Waals surface area contributed by atoms with Gasteiger partial charge in [0.25, 0.3) is 0 Å². The summed E-state index contributed by atoms with van der Waals surface area (Å²) in [4.78, 5) is 0. The highest BCUT2D eigenvalue weighted by Crippen LogP contribution is 2.30. The topological polar surface area (TPSA) is 47.9 Å². The van der Waals surface area contributed by atoms with Gasteiger partial charge in [0.1, 0.15) is 18.0 Å². The fraction of sp³-hybridized carbons (Fsp3) is 0.571. The Bertz CT molecular complexity index is 424. The highest BCUT2D eigenvalue weighted by atomic mass is 79.9. The van der Waals surface area contributed by atoms with Crippen LogP contribution in [0.25, 0.3) is 0 Å². The van der Waals surface area contributed by atoms with Crippen molar-refractivity contribution in [1.82, 2.24) is 0 Å². The summed E-state index contributed by atoms with van der Waals surface area (Å²) >= 11 is 3.46. The second kappa shape index (κ2) is 6.70. The van der Waals surface area contributed by atoms with Gasteiger partial charge in [-0.15, -0.1) is 0 Å². The molecule has 1 N–H and O–H groups in total. The Labute approximate surface area is 121 Å². The van der Waals surface area contributed by atoms with Gasteiger partial charge in [-0.2, -0.15) is 0 Å². The Morgan fingerprint density at radius 3 is 2.79 bits per heavy atom. The van der Waals surface area contributed by atoms with E-state index in [0.717, 1.165) is 15.8 Å². The molecule has 5 heteroatoms. The molecule has 1 aromatic rings. The van der Waals surface area contributed by atoms with Crippen molar-refractivity contribution in [2.45, 2.75) is 31.7 Å². The van der Waals surface area contributed by atoms with Gasteiger partial charge in [0, 0.05) is 18.0 Å². The number of aliphatic hydroxyl groups is 1. The van der Waals surface area contributed by atoms with Crippen molar-refractivity contribution in [3.63, 3.8) is 0 Å². The first-order valence-corrected chi connectivity index (χ1v) is 7.12. The molecule has 0 saturated heterocycles. The maximum Gasteiger partial charge on any atom is 0.130 e. The minimum Gasteiger partial charge on any atom is -0.488 e. The molecule has 4 nitrogen and oxygen atoms in total. The fourth-order valence-electron chi connectivity index (χ4n) is 2.02. The van der Waals surface area contributed by atoms with Crippen LogP contribution in [0, 0.1) is 6.92 Å². The summed E-state index contributed by atoms with van der Waals surface area (Å²) in [5.41, 5.74) is 1.12. The number of hydrogen-bond donors (Lipinski definition) is 1. The highest BCUT2D eigenvalue weighted by Gasteiger charge is 2.42. The maximum atomic E-state index is 9.70. The molecule has 0 spiro atoms. The monoisotopic (exact) mass is 330 g/mol. The molecule has 0 amide bonds. The van der Waals surface area contributed by atoms with Gasteiger partial charge in [-0.25, -0.2) is 0 Å². The minimum absolute atomic E-state index is 0.0903. The molecule has 106 valence electrons. The SMILES string of the molecule is COCCOC1C(O)CC1Oc1ccc(Br)c(C)c1. The summed E-state index contributed by atoms with van der Waals surface area (Å²) in [6.45, 7) is 3.00. The van der Waals surface area contributed by atoms with Gasteiger partial charge in [-0.1, -0.05) is 15.9 Å². The smallest absolute Gasteiger partial charge is 0.130 e. The van der Waals surface area contributed by atoms with Crippen molar-refractivity contribution in [3.05, 3.63) is 28.2 Å². The summed E-state index contributed by atoms with van der Waals surface area (Å²) in [5, 5.41) is 9.70. The van der Waals surface area contributed by atoms with Crippen LogP contribution in [0.1, 0.15) is 12.0 Å². The summed E-state index contributed by atoms with van der Waals surface area (Å²) < 4.78 is 17.4. The number of aliphatic hydroxyl groups excluding tert-OH is 1. The molecule has 2 rings (SSSR count). The van der Waals surface area contributed by atoms with Crippen molar-refractivity contribution in [2.75, 3.05) is 20.3 Å². The van der Waals surface area contributed by atoms with Gasteiger partial charge in [0.2, 0.25) is 0 Å². The molecule has 3 atom stereocenters. The Kier molecular flexibility index (Phi) is 5.21. The molecule has 1 fully saturated rings. The highest BCUT2D eigenvalue weighted by molar-refractivity contribution is 9.10. The number of aryl methyl sites for hydroxylation is 1. The van der Waals surface area contributed by atoms with Crippen LogP contribution in [-0.4, -0.2) is 43.7 Å². The van der Waals surface area contributed by atoms with Crippen LogP contribution in [0.4, 0.5) is 0 Å². The van der Waals surface area contributed by atoms with E-state index >= 15 is 0 Å². The molecule has 0 aliphatic heterocycles. The van der Waals surface area contributed by atoms with Crippen molar-refractivity contribution in [1.29, 1.82) is 0 Å². The van der Waals surface area contributed by atoms with Crippen molar-refractivity contribution in [2.24, 2.45) is 0 Å². The van der Waals surface area contributed by atoms with Crippen LogP contribution in [0.3, 0.4) is 0 Å². The maximum absolute atomic E-state index is 9.70. The lowest BCUT2D eigenvalue weighted by Crippen LogP contribution is -2.55. The Hall–Kier alpha value is -0.620. The van der Waals surface area contributed by atoms with Crippen LogP contribution < -0.4 is 4.74 Å². The second-order valence-electron chi connectivity index (χ2n) is 4.70. The van der Waals surface area contributed by atoms with Crippen LogP contribution in [0.2, 0.25) is 0 Å². The molecule has 0 aromatic heterocycles. The van der Waals surface area contributed by atoms with E-state index in [1.165, 1.54) is 0 Å². The second-order valence-corrected chi connectivity index (χ2v) is 5.55. The molecule has 19 heavy (non-hydrogen) atoms. The van der Waals surface area contributed by atoms with E-state index in [9.17, 15) is 5.11 Å². The normalized spacial score (nSPS) is 26.0. The van der Waals surface area contributed by atoms with E-state index in [4.69, 9.17) is 14.2 Å². The summed E-state index contributed by atoms with van der Waals surface area (Å²) in [6.07, 6.45) is -0.197. The lowest BCUT2D eigenvalue weighted by Gasteiger charge is -2.40. The summed E-state index contributed by atoms with van der Waals surface area (Å²) in [6, 6.07) is 5.84. The number of ether oxygens (including phenoxy) is 3. The Morgan fingerprint density at radius 2 is 2.16 bits per heavy atom. The molecule has 1 aliphatic rings. The van der Waals surface area contributed by atoms with Crippen LogP contribution in [0.15, 0.2) is 22.7 Å². The third-order valence-corrected chi connectivity index (χ3v) is 4.12. The van der Waals surface area contributed by atoms with Crippen molar-refractivity contribution < 1.29 is 19.3 Å². The van der Waals surface area contributed by atoms with E-state index in [0.29, 0.717) is 19.6 Å². The first-order chi connectivity index (χ1) is 9.11. The zero-order chi connectivity index (χ0) is 13.8. The largest absolute Gasteiger partial charge is 0.488 e. The van der Waals surface area contributed by atoms with Crippen molar-refractivity contribution in [3.8, 4) is 5.75 Å². The molecule has 0 heterocycles. The van der Waals surface area contributed by atoms with Gasteiger partial charge >= 0.3 is 0 Å². The average molecular weight is 331 g/mol. The predicted molar refractivity (Wildman–Crippen MR) is 75.5 cm³/mol. The van der Waals surface area contributed by atoms with Gasteiger partial charge < -0.3 is 19.3 Å². The van der Waals surface area contributed by atoms with E-state index in [1.54, 1.807) is 7.11 Å².